The minimum Gasteiger partial charge on any atom is -0.494 e. The first kappa shape index (κ1) is 14.4. The first-order valence-electron chi connectivity index (χ1n) is 9.08. The Morgan fingerprint density at radius 2 is 1.92 bits per heavy atom. The van der Waals surface area contributed by atoms with E-state index in [1.165, 1.54) is 45.3 Å². The van der Waals surface area contributed by atoms with Crippen molar-refractivity contribution >= 4 is 21.9 Å². The maximum absolute atomic E-state index is 6.12. The summed E-state index contributed by atoms with van der Waals surface area (Å²) in [5.41, 5.74) is 2.39. The van der Waals surface area contributed by atoms with E-state index in [0.29, 0.717) is 5.41 Å². The number of nitrogens with zero attached hydrogens (tertiary/aromatic N) is 1. The monoisotopic (exact) mass is 321 g/mol. The van der Waals surface area contributed by atoms with Crippen LogP contribution in [0.5, 0.6) is 5.75 Å². The lowest BCUT2D eigenvalue weighted by molar-refractivity contribution is 0.142. The molecule has 124 valence electrons. The second-order valence-corrected chi connectivity index (χ2v) is 7.48. The Kier molecular flexibility index (Phi) is 3.30. The standard InChI is InChI=1S/C21H23NO2/c1-2-5-19-17(4-1)18-14-16(6-7-20(18)24-19)23-13-10-21-8-3-11-22(15-21)12-9-21/h1-2,4-7,14H,3,8-13,15H2. The Labute approximate surface area is 142 Å². The normalized spacial score (nSPS) is 26.2. The van der Waals surface area contributed by atoms with Crippen LogP contribution in [0.1, 0.15) is 25.7 Å². The van der Waals surface area contributed by atoms with Crippen molar-refractivity contribution < 1.29 is 9.15 Å². The zero-order chi connectivity index (χ0) is 16.0. The maximum Gasteiger partial charge on any atom is 0.135 e. The highest BCUT2D eigenvalue weighted by molar-refractivity contribution is 6.05. The fraction of sp³-hybridized carbons (Fsp3) is 0.429. The minimum atomic E-state index is 0.519. The van der Waals surface area contributed by atoms with Gasteiger partial charge in [0.25, 0.3) is 0 Å². The van der Waals surface area contributed by atoms with Gasteiger partial charge in [0.15, 0.2) is 0 Å². The van der Waals surface area contributed by atoms with E-state index in [-0.39, 0.29) is 0 Å². The lowest BCUT2D eigenvalue weighted by Gasteiger charge is -2.33. The van der Waals surface area contributed by atoms with Crippen LogP contribution in [-0.4, -0.2) is 31.1 Å². The summed E-state index contributed by atoms with van der Waals surface area (Å²) in [4.78, 5) is 2.62. The molecule has 0 spiro atoms. The second-order valence-electron chi connectivity index (χ2n) is 7.48. The van der Waals surface area contributed by atoms with Crippen molar-refractivity contribution in [2.75, 3.05) is 26.2 Å². The van der Waals surface area contributed by atoms with Gasteiger partial charge in [0.2, 0.25) is 0 Å². The van der Waals surface area contributed by atoms with E-state index in [9.17, 15) is 0 Å². The minimum absolute atomic E-state index is 0.519. The van der Waals surface area contributed by atoms with Crippen molar-refractivity contribution in [2.45, 2.75) is 25.7 Å². The van der Waals surface area contributed by atoms with Crippen LogP contribution < -0.4 is 4.74 Å². The molecule has 0 amide bonds. The van der Waals surface area contributed by atoms with Crippen LogP contribution in [0.3, 0.4) is 0 Å². The molecule has 2 aliphatic heterocycles. The SMILES string of the molecule is c1ccc2c(c1)oc1ccc(OCCC34CCCN(CC3)C4)cc12. The molecule has 0 N–H and O–H groups in total. The van der Waals surface area contributed by atoms with E-state index in [4.69, 9.17) is 9.15 Å². The average Bonchev–Trinajstić information content (AvgIpc) is 3.12. The molecule has 0 saturated carbocycles. The van der Waals surface area contributed by atoms with Gasteiger partial charge in [-0.2, -0.15) is 0 Å². The number of furan rings is 1. The molecule has 2 fully saturated rings. The van der Waals surface area contributed by atoms with E-state index in [2.05, 4.69) is 23.1 Å². The summed E-state index contributed by atoms with van der Waals surface area (Å²) < 4.78 is 12.0. The number of piperidine rings is 1. The molecule has 2 bridgehead atoms. The summed E-state index contributed by atoms with van der Waals surface area (Å²) in [6, 6.07) is 14.4. The number of hydrogen-bond acceptors (Lipinski definition) is 3. The van der Waals surface area contributed by atoms with E-state index in [1.54, 1.807) is 0 Å². The molecule has 24 heavy (non-hydrogen) atoms. The fourth-order valence-corrected chi connectivity index (χ4v) is 4.61. The van der Waals surface area contributed by atoms with Crippen LogP contribution in [-0.2, 0) is 0 Å². The van der Waals surface area contributed by atoms with E-state index >= 15 is 0 Å². The molecular formula is C21H23NO2. The van der Waals surface area contributed by atoms with Gasteiger partial charge in [-0.15, -0.1) is 0 Å². The number of benzene rings is 2. The highest BCUT2D eigenvalue weighted by Crippen LogP contribution is 2.42. The molecule has 2 aliphatic rings. The number of para-hydroxylation sites is 1. The zero-order valence-electron chi connectivity index (χ0n) is 14.0. The van der Waals surface area contributed by atoms with Crippen molar-refractivity contribution in [1.82, 2.24) is 4.90 Å². The zero-order valence-corrected chi connectivity index (χ0v) is 14.0. The largest absolute Gasteiger partial charge is 0.494 e. The molecule has 2 unspecified atom stereocenters. The summed E-state index contributed by atoms with van der Waals surface area (Å²) in [5, 5.41) is 2.31. The third kappa shape index (κ3) is 2.39. The smallest absolute Gasteiger partial charge is 0.135 e. The van der Waals surface area contributed by atoms with E-state index < -0.39 is 0 Å². The number of fused-ring (bicyclic) bond motifs is 5. The van der Waals surface area contributed by atoms with Gasteiger partial charge in [-0.25, -0.2) is 0 Å². The third-order valence-corrected chi connectivity index (χ3v) is 5.95. The maximum atomic E-state index is 6.12. The third-order valence-electron chi connectivity index (χ3n) is 5.95. The molecule has 3 heterocycles. The number of ether oxygens (including phenoxy) is 1. The van der Waals surface area contributed by atoms with E-state index in [0.717, 1.165) is 34.3 Å². The number of rotatable bonds is 4. The van der Waals surface area contributed by atoms with Crippen LogP contribution in [0.25, 0.3) is 21.9 Å². The molecule has 3 aromatic rings. The highest BCUT2D eigenvalue weighted by atomic mass is 16.5. The summed E-state index contributed by atoms with van der Waals surface area (Å²) in [7, 11) is 0. The molecule has 0 aliphatic carbocycles. The summed E-state index contributed by atoms with van der Waals surface area (Å²) in [6.45, 7) is 4.68. The Balaban J connectivity index is 1.33. The Morgan fingerprint density at radius 1 is 1.00 bits per heavy atom. The van der Waals surface area contributed by atoms with Gasteiger partial charge >= 0.3 is 0 Å². The highest BCUT2D eigenvalue weighted by Gasteiger charge is 2.40. The molecule has 2 aromatic carbocycles. The van der Waals surface area contributed by atoms with Crippen LogP contribution in [0.15, 0.2) is 46.9 Å². The average molecular weight is 321 g/mol. The van der Waals surface area contributed by atoms with Crippen LogP contribution >= 0.6 is 0 Å². The first-order chi connectivity index (χ1) is 11.8. The lowest BCUT2D eigenvalue weighted by atomic mass is 9.78. The quantitative estimate of drug-likeness (QED) is 0.687. The van der Waals surface area contributed by atoms with Gasteiger partial charge in [-0.1, -0.05) is 18.2 Å². The van der Waals surface area contributed by atoms with Crippen LogP contribution in [0.4, 0.5) is 0 Å². The first-order valence-corrected chi connectivity index (χ1v) is 9.08. The Bertz CT molecular complexity index is 880. The Morgan fingerprint density at radius 3 is 2.92 bits per heavy atom. The fourth-order valence-electron chi connectivity index (χ4n) is 4.61. The Hall–Kier alpha value is -2.00. The van der Waals surface area contributed by atoms with Crippen LogP contribution in [0, 0.1) is 5.41 Å². The van der Waals surface area contributed by atoms with E-state index in [1.807, 2.05) is 24.3 Å². The van der Waals surface area contributed by atoms with Gasteiger partial charge in [-0.05, 0) is 68.5 Å². The molecule has 5 rings (SSSR count). The second kappa shape index (κ2) is 5.52. The van der Waals surface area contributed by atoms with Crippen molar-refractivity contribution in [3.05, 3.63) is 42.5 Å². The van der Waals surface area contributed by atoms with Crippen molar-refractivity contribution in [1.29, 1.82) is 0 Å². The predicted molar refractivity (Wildman–Crippen MR) is 96.6 cm³/mol. The van der Waals surface area contributed by atoms with Gasteiger partial charge < -0.3 is 14.1 Å². The summed E-state index contributed by atoms with van der Waals surface area (Å²) >= 11 is 0. The van der Waals surface area contributed by atoms with Gasteiger partial charge in [0.1, 0.15) is 16.9 Å². The molecular weight excluding hydrogens is 298 g/mol. The summed E-state index contributed by atoms with van der Waals surface area (Å²) in [5.74, 6) is 0.955. The van der Waals surface area contributed by atoms with Crippen molar-refractivity contribution in [2.24, 2.45) is 5.41 Å². The van der Waals surface area contributed by atoms with Crippen LogP contribution in [0.2, 0.25) is 0 Å². The lowest BCUT2D eigenvalue weighted by Crippen LogP contribution is -2.34. The van der Waals surface area contributed by atoms with Crippen molar-refractivity contribution in [3.8, 4) is 5.75 Å². The molecule has 3 heteroatoms. The topological polar surface area (TPSA) is 25.6 Å². The summed E-state index contributed by atoms with van der Waals surface area (Å²) in [6.07, 6.45) is 5.25. The molecule has 1 aromatic heterocycles. The van der Waals surface area contributed by atoms with Gasteiger partial charge in [0.05, 0.1) is 6.61 Å². The molecule has 0 radical (unpaired) electrons. The molecule has 2 atom stereocenters. The molecule has 2 saturated heterocycles. The van der Waals surface area contributed by atoms with Gasteiger partial charge in [-0.3, -0.25) is 0 Å². The molecule has 3 nitrogen and oxygen atoms in total. The number of hydrogen-bond donors (Lipinski definition) is 0. The van der Waals surface area contributed by atoms with Crippen molar-refractivity contribution in [3.63, 3.8) is 0 Å². The van der Waals surface area contributed by atoms with Gasteiger partial charge in [0, 0.05) is 17.3 Å². The predicted octanol–water partition coefficient (Wildman–Crippen LogP) is 4.84.